The lowest BCUT2D eigenvalue weighted by molar-refractivity contribution is 0.114. The highest BCUT2D eigenvalue weighted by Crippen LogP contribution is 2.13. The molecule has 0 bridgehead atoms. The zero-order chi connectivity index (χ0) is 15.6. The topological polar surface area (TPSA) is 54.9 Å². The summed E-state index contributed by atoms with van der Waals surface area (Å²) in [4.78, 5) is 4.24. The summed E-state index contributed by atoms with van der Waals surface area (Å²) < 4.78 is 11.3. The lowest BCUT2D eigenvalue weighted by Crippen LogP contribution is -2.40. The summed E-state index contributed by atoms with van der Waals surface area (Å²) in [6, 6.07) is 8.16. The van der Waals surface area contributed by atoms with E-state index in [0.29, 0.717) is 12.6 Å². The molecular weight excluding hydrogens is 278 g/mol. The first-order chi connectivity index (χ1) is 10.8. The molecule has 0 aliphatic carbocycles. The Morgan fingerprint density at radius 3 is 3.05 bits per heavy atom. The Morgan fingerprint density at radius 2 is 2.32 bits per heavy atom. The lowest BCUT2D eigenvalue weighted by atomic mass is 10.2. The second kappa shape index (κ2) is 9.30. The monoisotopic (exact) mass is 305 g/mol. The van der Waals surface area contributed by atoms with Crippen LogP contribution in [0.5, 0.6) is 5.75 Å². The van der Waals surface area contributed by atoms with Crippen molar-refractivity contribution in [3.05, 3.63) is 29.8 Å². The summed E-state index contributed by atoms with van der Waals surface area (Å²) in [7, 11) is 1.78. The predicted octanol–water partition coefficient (Wildman–Crippen LogP) is 2.32. The minimum absolute atomic E-state index is 0.310. The van der Waals surface area contributed by atoms with Crippen LogP contribution in [0.15, 0.2) is 29.3 Å². The molecule has 0 amide bonds. The van der Waals surface area contributed by atoms with E-state index in [4.69, 9.17) is 9.47 Å². The van der Waals surface area contributed by atoms with Crippen LogP contribution in [0, 0.1) is 0 Å². The Bertz CT molecular complexity index is 471. The highest BCUT2D eigenvalue weighted by molar-refractivity contribution is 5.79. The van der Waals surface area contributed by atoms with Crippen molar-refractivity contribution in [3.63, 3.8) is 0 Å². The highest BCUT2D eigenvalue weighted by atomic mass is 16.5. The number of rotatable bonds is 7. The Labute approximate surface area is 133 Å². The number of benzene rings is 1. The molecule has 5 nitrogen and oxygen atoms in total. The third-order valence-electron chi connectivity index (χ3n) is 3.58. The summed E-state index contributed by atoms with van der Waals surface area (Å²) in [5.41, 5.74) is 1.17. The van der Waals surface area contributed by atoms with Crippen molar-refractivity contribution in [2.75, 3.05) is 26.8 Å². The molecule has 5 heteroatoms. The van der Waals surface area contributed by atoms with Crippen molar-refractivity contribution in [2.24, 2.45) is 4.99 Å². The van der Waals surface area contributed by atoms with Gasteiger partial charge in [0.05, 0.1) is 12.7 Å². The Hall–Kier alpha value is -1.75. The Kier molecular flexibility index (Phi) is 7.03. The van der Waals surface area contributed by atoms with Crippen molar-refractivity contribution in [3.8, 4) is 5.75 Å². The molecule has 1 fully saturated rings. The van der Waals surface area contributed by atoms with Crippen LogP contribution in [0.3, 0.4) is 0 Å². The van der Waals surface area contributed by atoms with E-state index in [0.717, 1.165) is 50.7 Å². The molecule has 0 spiro atoms. The van der Waals surface area contributed by atoms with Gasteiger partial charge in [-0.3, -0.25) is 4.99 Å². The summed E-state index contributed by atoms with van der Waals surface area (Å²) in [6.07, 6.45) is 3.61. The number of ether oxygens (including phenoxy) is 2. The predicted molar refractivity (Wildman–Crippen MR) is 89.4 cm³/mol. The molecule has 2 rings (SSSR count). The Morgan fingerprint density at radius 1 is 1.41 bits per heavy atom. The van der Waals surface area contributed by atoms with Gasteiger partial charge < -0.3 is 20.1 Å². The van der Waals surface area contributed by atoms with Gasteiger partial charge in [-0.15, -0.1) is 0 Å². The summed E-state index contributed by atoms with van der Waals surface area (Å²) in [5, 5.41) is 6.63. The van der Waals surface area contributed by atoms with Crippen LogP contribution in [0.1, 0.15) is 31.7 Å². The smallest absolute Gasteiger partial charge is 0.191 e. The zero-order valence-corrected chi connectivity index (χ0v) is 13.6. The van der Waals surface area contributed by atoms with E-state index in [2.05, 4.69) is 34.7 Å². The second-order valence-electron chi connectivity index (χ2n) is 5.44. The van der Waals surface area contributed by atoms with Crippen LogP contribution < -0.4 is 15.4 Å². The van der Waals surface area contributed by atoms with Gasteiger partial charge in [0, 0.05) is 26.7 Å². The molecule has 22 heavy (non-hydrogen) atoms. The van der Waals surface area contributed by atoms with E-state index in [1.807, 2.05) is 12.1 Å². The van der Waals surface area contributed by atoms with Gasteiger partial charge in [-0.2, -0.15) is 0 Å². The molecule has 1 unspecified atom stereocenters. The molecule has 1 heterocycles. The van der Waals surface area contributed by atoms with E-state index in [1.54, 1.807) is 7.05 Å². The van der Waals surface area contributed by atoms with Crippen LogP contribution in [-0.4, -0.2) is 38.9 Å². The summed E-state index contributed by atoms with van der Waals surface area (Å²) >= 11 is 0. The van der Waals surface area contributed by atoms with E-state index < -0.39 is 0 Å². The van der Waals surface area contributed by atoms with Crippen LogP contribution >= 0.6 is 0 Å². The molecule has 0 aromatic heterocycles. The third-order valence-corrected chi connectivity index (χ3v) is 3.58. The van der Waals surface area contributed by atoms with Crippen molar-refractivity contribution in [1.82, 2.24) is 10.6 Å². The largest absolute Gasteiger partial charge is 0.494 e. The number of nitrogens with one attached hydrogen (secondary N) is 2. The lowest BCUT2D eigenvalue weighted by Gasteiger charge is -2.15. The SMILES string of the molecule is CCCOc1cccc(CNC(=NC)NCC2CCCO2)c1. The third kappa shape index (κ3) is 5.56. The molecule has 1 aromatic carbocycles. The van der Waals surface area contributed by atoms with E-state index >= 15 is 0 Å². The first kappa shape index (κ1) is 16.6. The molecule has 0 radical (unpaired) electrons. The molecule has 122 valence electrons. The average molecular weight is 305 g/mol. The first-order valence-corrected chi connectivity index (χ1v) is 8.09. The van der Waals surface area contributed by atoms with Crippen LogP contribution in [0.4, 0.5) is 0 Å². The van der Waals surface area contributed by atoms with E-state index in [9.17, 15) is 0 Å². The van der Waals surface area contributed by atoms with Gasteiger partial charge in [0.2, 0.25) is 0 Å². The normalized spacial score (nSPS) is 18.3. The Balaban J connectivity index is 1.77. The maximum Gasteiger partial charge on any atom is 0.191 e. The second-order valence-corrected chi connectivity index (χ2v) is 5.44. The van der Waals surface area contributed by atoms with Gasteiger partial charge in [-0.1, -0.05) is 19.1 Å². The molecule has 1 aliphatic rings. The van der Waals surface area contributed by atoms with Gasteiger partial charge in [0.15, 0.2) is 5.96 Å². The van der Waals surface area contributed by atoms with Crippen molar-refractivity contribution in [2.45, 2.75) is 38.8 Å². The van der Waals surface area contributed by atoms with E-state index in [-0.39, 0.29) is 0 Å². The van der Waals surface area contributed by atoms with Crippen molar-refractivity contribution in [1.29, 1.82) is 0 Å². The molecule has 2 N–H and O–H groups in total. The van der Waals surface area contributed by atoms with Gasteiger partial charge in [0.1, 0.15) is 5.75 Å². The maximum atomic E-state index is 5.65. The molecular formula is C17H27N3O2. The summed E-state index contributed by atoms with van der Waals surface area (Å²) in [5.74, 6) is 1.72. The molecule has 1 aliphatic heterocycles. The van der Waals surface area contributed by atoms with Crippen molar-refractivity contribution < 1.29 is 9.47 Å². The fraction of sp³-hybridized carbons (Fsp3) is 0.588. The number of guanidine groups is 1. The minimum atomic E-state index is 0.310. The van der Waals surface area contributed by atoms with Crippen LogP contribution in [-0.2, 0) is 11.3 Å². The molecule has 1 aromatic rings. The minimum Gasteiger partial charge on any atom is -0.494 e. The number of hydrogen-bond acceptors (Lipinski definition) is 3. The van der Waals surface area contributed by atoms with E-state index in [1.165, 1.54) is 5.56 Å². The van der Waals surface area contributed by atoms with Crippen LogP contribution in [0.25, 0.3) is 0 Å². The average Bonchev–Trinajstić information content (AvgIpc) is 3.07. The standard InChI is InChI=1S/C17H27N3O2/c1-3-9-21-15-7-4-6-14(11-15)12-19-17(18-2)20-13-16-8-5-10-22-16/h4,6-7,11,16H,3,5,8-10,12-13H2,1-2H3,(H2,18,19,20). The fourth-order valence-corrected chi connectivity index (χ4v) is 2.39. The van der Waals surface area contributed by atoms with Gasteiger partial charge in [0.25, 0.3) is 0 Å². The number of aliphatic imine (C=N–C) groups is 1. The first-order valence-electron chi connectivity index (χ1n) is 8.09. The number of hydrogen-bond donors (Lipinski definition) is 2. The van der Waals surface area contributed by atoms with Gasteiger partial charge in [-0.05, 0) is 37.0 Å². The number of nitrogens with zero attached hydrogens (tertiary/aromatic N) is 1. The fourth-order valence-electron chi connectivity index (χ4n) is 2.39. The molecule has 0 saturated carbocycles. The highest BCUT2D eigenvalue weighted by Gasteiger charge is 2.15. The molecule has 1 atom stereocenters. The summed E-state index contributed by atoms with van der Waals surface area (Å²) in [6.45, 7) is 5.26. The quantitative estimate of drug-likeness (QED) is 0.599. The van der Waals surface area contributed by atoms with Crippen LogP contribution in [0.2, 0.25) is 0 Å². The van der Waals surface area contributed by atoms with Gasteiger partial charge >= 0.3 is 0 Å². The maximum absolute atomic E-state index is 5.65. The zero-order valence-electron chi connectivity index (χ0n) is 13.6. The van der Waals surface area contributed by atoms with Crippen molar-refractivity contribution >= 4 is 5.96 Å². The molecule has 1 saturated heterocycles. The van der Waals surface area contributed by atoms with Gasteiger partial charge in [-0.25, -0.2) is 0 Å².